The molecule has 0 spiro atoms. The van der Waals surface area contributed by atoms with Crippen LogP contribution in [0.1, 0.15) is 5.56 Å². The van der Waals surface area contributed by atoms with Crippen LogP contribution in [0, 0.1) is 6.92 Å². The van der Waals surface area contributed by atoms with Crippen molar-refractivity contribution in [2.45, 2.75) is 6.92 Å². The summed E-state index contributed by atoms with van der Waals surface area (Å²) in [6.45, 7) is 1.89. The van der Waals surface area contributed by atoms with Gasteiger partial charge in [0.1, 0.15) is 0 Å². The maximum absolute atomic E-state index is 6.12. The molecule has 2 rings (SSSR count). The quantitative estimate of drug-likeness (QED) is 0.667. The number of hydrogen-bond donors (Lipinski definition) is 0. The lowest BCUT2D eigenvalue weighted by Gasteiger charge is -2.05. The van der Waals surface area contributed by atoms with Gasteiger partial charge in [-0.05, 0) is 24.6 Å². The summed E-state index contributed by atoms with van der Waals surface area (Å²) >= 11 is 18.0. The van der Waals surface area contributed by atoms with E-state index in [-0.39, 0.29) is 0 Å². The fourth-order valence-corrected chi connectivity index (χ4v) is 2.17. The van der Waals surface area contributed by atoms with Crippen molar-refractivity contribution in [1.82, 2.24) is 4.98 Å². The third kappa shape index (κ3) is 1.56. The molecule has 0 atom stereocenters. The fraction of sp³-hybridized carbons (Fsp3) is 0.100. The SMILES string of the molecule is Cc1cnc2cc(Cl)cc(Cl)c2c1Cl. The minimum absolute atomic E-state index is 0.536. The van der Waals surface area contributed by atoms with Gasteiger partial charge in [-0.15, -0.1) is 0 Å². The zero-order chi connectivity index (χ0) is 10.3. The number of hydrogen-bond acceptors (Lipinski definition) is 1. The molecule has 0 aliphatic rings. The Labute approximate surface area is 96.6 Å². The number of halogens is 3. The molecule has 0 fully saturated rings. The highest BCUT2D eigenvalue weighted by Crippen LogP contribution is 2.33. The smallest absolute Gasteiger partial charge is 0.0747 e. The molecule has 0 aliphatic heterocycles. The summed E-state index contributed by atoms with van der Waals surface area (Å²) in [4.78, 5) is 4.21. The second kappa shape index (κ2) is 3.58. The molecule has 14 heavy (non-hydrogen) atoms. The normalized spacial score (nSPS) is 10.9. The monoisotopic (exact) mass is 245 g/mol. The first kappa shape index (κ1) is 10.0. The first-order chi connectivity index (χ1) is 6.59. The van der Waals surface area contributed by atoms with Gasteiger partial charge in [-0.25, -0.2) is 0 Å². The molecule has 1 aromatic heterocycles. The minimum Gasteiger partial charge on any atom is -0.256 e. The van der Waals surface area contributed by atoms with Crippen molar-refractivity contribution in [2.75, 3.05) is 0 Å². The van der Waals surface area contributed by atoms with Crippen LogP contribution in [0.15, 0.2) is 18.3 Å². The molecule has 0 saturated heterocycles. The maximum atomic E-state index is 6.12. The van der Waals surface area contributed by atoms with Gasteiger partial charge in [-0.3, -0.25) is 4.98 Å². The predicted octanol–water partition coefficient (Wildman–Crippen LogP) is 4.50. The number of pyridine rings is 1. The van der Waals surface area contributed by atoms with Gasteiger partial charge < -0.3 is 0 Å². The molecule has 1 nitrogen and oxygen atoms in total. The van der Waals surface area contributed by atoms with E-state index in [1.54, 1.807) is 18.3 Å². The summed E-state index contributed by atoms with van der Waals surface area (Å²) in [5.74, 6) is 0. The van der Waals surface area contributed by atoms with Gasteiger partial charge in [0.05, 0.1) is 15.6 Å². The van der Waals surface area contributed by atoms with Crippen LogP contribution >= 0.6 is 34.8 Å². The van der Waals surface area contributed by atoms with Gasteiger partial charge >= 0.3 is 0 Å². The second-order valence-electron chi connectivity index (χ2n) is 3.04. The third-order valence-corrected chi connectivity index (χ3v) is 3.00. The lowest BCUT2D eigenvalue weighted by molar-refractivity contribution is 1.33. The summed E-state index contributed by atoms with van der Waals surface area (Å²) < 4.78 is 0. The van der Waals surface area contributed by atoms with Gasteiger partial charge in [0.2, 0.25) is 0 Å². The Hall–Kier alpha value is -0.500. The van der Waals surface area contributed by atoms with E-state index in [9.17, 15) is 0 Å². The molecule has 0 unspecified atom stereocenters. The van der Waals surface area contributed by atoms with Gasteiger partial charge in [-0.1, -0.05) is 34.8 Å². The van der Waals surface area contributed by atoms with E-state index >= 15 is 0 Å². The van der Waals surface area contributed by atoms with Crippen molar-refractivity contribution in [1.29, 1.82) is 0 Å². The molecule has 0 saturated carbocycles. The Morgan fingerprint density at radius 1 is 1.14 bits per heavy atom. The van der Waals surface area contributed by atoms with Crippen LogP contribution in [0.3, 0.4) is 0 Å². The van der Waals surface area contributed by atoms with Gasteiger partial charge in [0.25, 0.3) is 0 Å². The fourth-order valence-electron chi connectivity index (χ4n) is 1.30. The van der Waals surface area contributed by atoms with Crippen molar-refractivity contribution >= 4 is 45.7 Å². The Bertz CT molecular complexity index is 508. The Morgan fingerprint density at radius 3 is 2.57 bits per heavy atom. The number of fused-ring (bicyclic) bond motifs is 1. The zero-order valence-electron chi connectivity index (χ0n) is 7.31. The Morgan fingerprint density at radius 2 is 1.86 bits per heavy atom. The summed E-state index contributed by atoms with van der Waals surface area (Å²) in [6.07, 6.45) is 1.71. The van der Waals surface area contributed by atoms with E-state index in [2.05, 4.69) is 4.98 Å². The lowest BCUT2D eigenvalue weighted by Crippen LogP contribution is -1.85. The largest absolute Gasteiger partial charge is 0.256 e. The molecule has 72 valence electrons. The zero-order valence-corrected chi connectivity index (χ0v) is 9.58. The maximum Gasteiger partial charge on any atom is 0.0747 e. The second-order valence-corrected chi connectivity index (χ2v) is 4.26. The van der Waals surface area contributed by atoms with Crippen LogP contribution in [0.4, 0.5) is 0 Å². The standard InChI is InChI=1S/C10H6Cl3N/c1-5-4-14-8-3-6(11)2-7(12)9(8)10(5)13/h2-4H,1H3. The van der Waals surface area contributed by atoms with Crippen LogP contribution in [0.25, 0.3) is 10.9 Å². The van der Waals surface area contributed by atoms with Crippen molar-refractivity contribution in [3.8, 4) is 0 Å². The molecule has 4 heteroatoms. The van der Waals surface area contributed by atoms with Gasteiger partial charge in [-0.2, -0.15) is 0 Å². The predicted molar refractivity (Wildman–Crippen MR) is 61.5 cm³/mol. The molecule has 0 radical (unpaired) electrons. The van der Waals surface area contributed by atoms with E-state index in [0.717, 1.165) is 16.5 Å². The van der Waals surface area contributed by atoms with E-state index in [0.29, 0.717) is 15.1 Å². The number of aryl methyl sites for hydroxylation is 1. The summed E-state index contributed by atoms with van der Waals surface area (Å²) in [6, 6.07) is 3.41. The van der Waals surface area contributed by atoms with Gasteiger partial charge in [0.15, 0.2) is 0 Å². The summed E-state index contributed by atoms with van der Waals surface area (Å²) in [7, 11) is 0. The minimum atomic E-state index is 0.536. The molecule has 0 amide bonds. The third-order valence-electron chi connectivity index (χ3n) is 2.00. The average molecular weight is 247 g/mol. The van der Waals surface area contributed by atoms with Crippen molar-refractivity contribution in [3.63, 3.8) is 0 Å². The first-order valence-electron chi connectivity index (χ1n) is 3.99. The highest BCUT2D eigenvalue weighted by molar-refractivity contribution is 6.43. The molecular formula is C10H6Cl3N. The van der Waals surface area contributed by atoms with Crippen LogP contribution in [-0.4, -0.2) is 4.98 Å². The lowest BCUT2D eigenvalue weighted by atomic mass is 10.2. The highest BCUT2D eigenvalue weighted by Gasteiger charge is 2.08. The molecular weight excluding hydrogens is 240 g/mol. The van der Waals surface area contributed by atoms with Gasteiger partial charge in [0, 0.05) is 16.6 Å². The van der Waals surface area contributed by atoms with E-state index in [4.69, 9.17) is 34.8 Å². The number of benzene rings is 1. The van der Waals surface area contributed by atoms with Crippen molar-refractivity contribution in [3.05, 3.63) is 39.0 Å². The summed E-state index contributed by atoms with van der Waals surface area (Å²) in [5, 5.41) is 2.50. The summed E-state index contributed by atoms with van der Waals surface area (Å²) in [5.41, 5.74) is 1.63. The first-order valence-corrected chi connectivity index (χ1v) is 5.13. The topological polar surface area (TPSA) is 12.9 Å². The van der Waals surface area contributed by atoms with Crippen LogP contribution in [0.2, 0.25) is 15.1 Å². The highest BCUT2D eigenvalue weighted by atomic mass is 35.5. The molecule has 0 N–H and O–H groups in total. The van der Waals surface area contributed by atoms with Crippen LogP contribution < -0.4 is 0 Å². The van der Waals surface area contributed by atoms with Crippen molar-refractivity contribution < 1.29 is 0 Å². The van der Waals surface area contributed by atoms with Crippen LogP contribution in [-0.2, 0) is 0 Å². The average Bonchev–Trinajstić information content (AvgIpc) is 2.10. The van der Waals surface area contributed by atoms with E-state index in [1.165, 1.54) is 0 Å². The number of nitrogens with zero attached hydrogens (tertiary/aromatic N) is 1. The molecule has 0 bridgehead atoms. The number of rotatable bonds is 0. The van der Waals surface area contributed by atoms with E-state index < -0.39 is 0 Å². The molecule has 1 heterocycles. The molecule has 2 aromatic rings. The number of aromatic nitrogens is 1. The molecule has 1 aromatic carbocycles. The van der Waals surface area contributed by atoms with E-state index in [1.807, 2.05) is 6.92 Å². The Balaban J connectivity index is 2.95. The Kier molecular flexibility index (Phi) is 2.56. The molecule has 0 aliphatic carbocycles. The van der Waals surface area contributed by atoms with Crippen molar-refractivity contribution in [2.24, 2.45) is 0 Å². The van der Waals surface area contributed by atoms with Crippen LogP contribution in [0.5, 0.6) is 0 Å².